The molecule has 8 heteroatoms. The summed E-state index contributed by atoms with van der Waals surface area (Å²) in [5, 5.41) is 18.2. The van der Waals surface area contributed by atoms with Crippen LogP contribution < -0.4 is 4.90 Å². The van der Waals surface area contributed by atoms with E-state index in [2.05, 4.69) is 37.7 Å². The van der Waals surface area contributed by atoms with E-state index in [9.17, 15) is 10.1 Å². The van der Waals surface area contributed by atoms with E-state index in [1.165, 1.54) is 12.4 Å². The number of hydrogen-bond acceptors (Lipinski definition) is 6. The number of likely N-dealkylation sites (tertiary alicyclic amines) is 1. The summed E-state index contributed by atoms with van der Waals surface area (Å²) >= 11 is 0. The second kappa shape index (κ2) is 6.66. The molecular weight excluding hydrogens is 378 g/mol. The number of nitriles is 1. The first-order valence-electron chi connectivity index (χ1n) is 9.90. The van der Waals surface area contributed by atoms with Gasteiger partial charge in [0.15, 0.2) is 5.82 Å². The SMILES string of the molecule is C=CC(=O)N1CC2(CCN(c3ncnc(-c4c(C)ccc5cn[nH]c45)c3C#N)C2)C1. The van der Waals surface area contributed by atoms with Gasteiger partial charge in [0.05, 0.1) is 17.4 Å². The van der Waals surface area contributed by atoms with Crippen LogP contribution in [-0.2, 0) is 4.79 Å². The maximum absolute atomic E-state index is 11.8. The number of carbonyl (C=O) groups excluding carboxylic acids is 1. The highest BCUT2D eigenvalue weighted by atomic mass is 16.2. The van der Waals surface area contributed by atoms with E-state index in [1.54, 1.807) is 6.20 Å². The van der Waals surface area contributed by atoms with Crippen molar-refractivity contribution in [1.82, 2.24) is 25.1 Å². The summed E-state index contributed by atoms with van der Waals surface area (Å²) in [6.07, 6.45) is 5.62. The number of aryl methyl sites for hydroxylation is 1. The molecule has 8 nitrogen and oxygen atoms in total. The molecule has 2 fully saturated rings. The largest absolute Gasteiger partial charge is 0.355 e. The minimum Gasteiger partial charge on any atom is -0.355 e. The molecule has 1 spiro atoms. The fourth-order valence-electron chi connectivity index (χ4n) is 4.75. The predicted molar refractivity (Wildman–Crippen MR) is 113 cm³/mol. The molecule has 2 aromatic heterocycles. The molecule has 0 radical (unpaired) electrons. The van der Waals surface area contributed by atoms with Crippen LogP contribution in [0.15, 0.2) is 37.3 Å². The van der Waals surface area contributed by atoms with Crippen molar-refractivity contribution in [2.24, 2.45) is 5.41 Å². The molecule has 0 aliphatic carbocycles. The number of H-pyrrole nitrogens is 1. The van der Waals surface area contributed by atoms with Gasteiger partial charge in [0.25, 0.3) is 0 Å². The summed E-state index contributed by atoms with van der Waals surface area (Å²) in [6.45, 7) is 8.58. The molecule has 1 amide bonds. The van der Waals surface area contributed by atoms with Crippen molar-refractivity contribution in [2.75, 3.05) is 31.1 Å². The van der Waals surface area contributed by atoms with Crippen LogP contribution in [0.2, 0.25) is 0 Å². The number of nitrogens with zero attached hydrogens (tertiary/aromatic N) is 6. The van der Waals surface area contributed by atoms with Crippen molar-refractivity contribution < 1.29 is 4.79 Å². The fourth-order valence-corrected chi connectivity index (χ4v) is 4.75. The minimum atomic E-state index is -0.0239. The van der Waals surface area contributed by atoms with Crippen molar-refractivity contribution in [3.8, 4) is 17.3 Å². The summed E-state index contributed by atoms with van der Waals surface area (Å²) in [6, 6.07) is 6.36. The number of amides is 1. The fraction of sp³-hybridized carbons (Fsp3) is 0.318. The molecule has 4 heterocycles. The average Bonchev–Trinajstić information content (AvgIpc) is 3.39. The molecule has 0 atom stereocenters. The Bertz CT molecular complexity index is 1220. The number of fused-ring (bicyclic) bond motifs is 1. The lowest BCUT2D eigenvalue weighted by Gasteiger charge is -2.47. The molecule has 1 N–H and O–H groups in total. The second-order valence-electron chi connectivity index (χ2n) is 8.19. The van der Waals surface area contributed by atoms with Crippen molar-refractivity contribution in [3.05, 3.63) is 48.4 Å². The number of aromatic amines is 1. The minimum absolute atomic E-state index is 0.0239. The quantitative estimate of drug-likeness (QED) is 0.679. The number of carbonyl (C=O) groups is 1. The third-order valence-corrected chi connectivity index (χ3v) is 6.28. The van der Waals surface area contributed by atoms with Gasteiger partial charge < -0.3 is 9.80 Å². The molecule has 150 valence electrons. The first-order chi connectivity index (χ1) is 14.5. The van der Waals surface area contributed by atoms with Crippen LogP contribution in [-0.4, -0.2) is 57.2 Å². The topological polar surface area (TPSA) is 102 Å². The number of nitrogens with one attached hydrogen (secondary N) is 1. The van der Waals surface area contributed by atoms with Crippen LogP contribution in [0, 0.1) is 23.7 Å². The van der Waals surface area contributed by atoms with Gasteiger partial charge in [-0.05, 0) is 25.0 Å². The summed E-state index contributed by atoms with van der Waals surface area (Å²) < 4.78 is 0. The van der Waals surface area contributed by atoms with E-state index in [4.69, 9.17) is 0 Å². The molecule has 0 unspecified atom stereocenters. The molecule has 0 bridgehead atoms. The Morgan fingerprint density at radius 3 is 2.93 bits per heavy atom. The average molecular weight is 399 g/mol. The maximum atomic E-state index is 11.8. The zero-order valence-corrected chi connectivity index (χ0v) is 16.7. The number of rotatable bonds is 3. The predicted octanol–water partition coefficient (Wildman–Crippen LogP) is 2.42. The van der Waals surface area contributed by atoms with Gasteiger partial charge in [0.2, 0.25) is 5.91 Å². The first kappa shape index (κ1) is 18.3. The van der Waals surface area contributed by atoms with E-state index in [-0.39, 0.29) is 11.3 Å². The van der Waals surface area contributed by atoms with E-state index >= 15 is 0 Å². The van der Waals surface area contributed by atoms with E-state index in [0.29, 0.717) is 17.1 Å². The molecule has 0 saturated carbocycles. The van der Waals surface area contributed by atoms with E-state index in [1.807, 2.05) is 24.0 Å². The highest BCUT2D eigenvalue weighted by Gasteiger charge is 2.49. The van der Waals surface area contributed by atoms with Gasteiger partial charge in [-0.25, -0.2) is 9.97 Å². The Labute approximate surface area is 173 Å². The third kappa shape index (κ3) is 2.66. The molecule has 1 aromatic carbocycles. The van der Waals surface area contributed by atoms with Crippen molar-refractivity contribution >= 4 is 22.6 Å². The van der Waals surface area contributed by atoms with Crippen LogP contribution in [0.25, 0.3) is 22.2 Å². The summed E-state index contributed by atoms with van der Waals surface area (Å²) in [5.41, 5.74) is 3.92. The molecule has 3 aromatic rings. The molecule has 5 rings (SSSR count). The van der Waals surface area contributed by atoms with Crippen molar-refractivity contribution in [3.63, 3.8) is 0 Å². The van der Waals surface area contributed by atoms with Gasteiger partial charge in [0, 0.05) is 42.5 Å². The lowest BCUT2D eigenvalue weighted by molar-refractivity contribution is -0.136. The number of aromatic nitrogens is 4. The maximum Gasteiger partial charge on any atom is 0.245 e. The van der Waals surface area contributed by atoms with Gasteiger partial charge >= 0.3 is 0 Å². The van der Waals surface area contributed by atoms with Crippen molar-refractivity contribution in [1.29, 1.82) is 5.26 Å². The Morgan fingerprint density at radius 2 is 2.17 bits per heavy atom. The van der Waals surface area contributed by atoms with Gasteiger partial charge in [-0.3, -0.25) is 9.89 Å². The highest BCUT2D eigenvalue weighted by Crippen LogP contribution is 2.42. The Kier molecular flexibility index (Phi) is 4.07. The summed E-state index contributed by atoms with van der Waals surface area (Å²) in [4.78, 5) is 24.8. The van der Waals surface area contributed by atoms with E-state index in [0.717, 1.165) is 54.6 Å². The lowest BCUT2D eigenvalue weighted by Crippen LogP contribution is -2.59. The van der Waals surface area contributed by atoms with Crippen LogP contribution in [0.5, 0.6) is 0 Å². The smallest absolute Gasteiger partial charge is 0.245 e. The van der Waals surface area contributed by atoms with Gasteiger partial charge in [-0.2, -0.15) is 10.4 Å². The summed E-state index contributed by atoms with van der Waals surface area (Å²) in [5.74, 6) is 0.632. The zero-order chi connectivity index (χ0) is 20.9. The monoisotopic (exact) mass is 399 g/mol. The molecule has 2 aliphatic rings. The van der Waals surface area contributed by atoms with Crippen LogP contribution in [0.1, 0.15) is 17.5 Å². The van der Waals surface area contributed by atoms with Gasteiger partial charge in [0.1, 0.15) is 18.0 Å². The van der Waals surface area contributed by atoms with Crippen LogP contribution in [0.4, 0.5) is 5.82 Å². The lowest BCUT2D eigenvalue weighted by atomic mass is 9.79. The highest BCUT2D eigenvalue weighted by molar-refractivity contribution is 5.96. The van der Waals surface area contributed by atoms with Crippen LogP contribution in [0.3, 0.4) is 0 Å². The standard InChI is InChI=1S/C22H21N7O/c1-3-17(30)29-11-22(12-29)6-7-28(10-22)21-16(8-23)20(24-13-25-21)18-14(2)4-5-15-9-26-27-19(15)18/h3-5,9,13H,1,6-7,10-12H2,2H3,(H,26,27). The first-order valence-corrected chi connectivity index (χ1v) is 9.90. The molecule has 2 aliphatic heterocycles. The Hall–Kier alpha value is -3.73. The molecule has 2 saturated heterocycles. The van der Waals surface area contributed by atoms with Crippen LogP contribution >= 0.6 is 0 Å². The number of benzene rings is 1. The summed E-state index contributed by atoms with van der Waals surface area (Å²) in [7, 11) is 0. The number of anilines is 1. The van der Waals surface area contributed by atoms with E-state index < -0.39 is 0 Å². The second-order valence-corrected chi connectivity index (χ2v) is 8.19. The number of hydrogen-bond donors (Lipinski definition) is 1. The molecule has 30 heavy (non-hydrogen) atoms. The van der Waals surface area contributed by atoms with Crippen molar-refractivity contribution in [2.45, 2.75) is 13.3 Å². The van der Waals surface area contributed by atoms with Gasteiger partial charge in [-0.15, -0.1) is 0 Å². The molecular formula is C22H21N7O. The Morgan fingerprint density at radius 1 is 1.33 bits per heavy atom. The third-order valence-electron chi connectivity index (χ3n) is 6.28. The normalized spacial score (nSPS) is 17.2. The van der Waals surface area contributed by atoms with Gasteiger partial charge in [-0.1, -0.05) is 18.7 Å². The zero-order valence-electron chi connectivity index (χ0n) is 16.7. The Balaban J connectivity index is 1.51.